The average molecular weight is 328 g/mol. The van der Waals surface area contributed by atoms with Gasteiger partial charge < -0.3 is 20.1 Å². The summed E-state index contributed by atoms with van der Waals surface area (Å²) in [4.78, 5) is 1.94. The molecule has 0 radical (unpaired) electrons. The number of aliphatic hydroxyl groups is 1. The van der Waals surface area contributed by atoms with Gasteiger partial charge in [-0.15, -0.1) is 0 Å². The van der Waals surface area contributed by atoms with Crippen LogP contribution in [0, 0.1) is 13.8 Å². The van der Waals surface area contributed by atoms with Crippen molar-refractivity contribution in [2.24, 2.45) is 0 Å². The first-order valence-corrected chi connectivity index (χ1v) is 8.30. The van der Waals surface area contributed by atoms with Gasteiger partial charge in [-0.25, -0.2) is 0 Å². The minimum Gasteiger partial charge on any atom is -0.491 e. The highest BCUT2D eigenvalue weighted by Gasteiger charge is 2.07. The molecule has 0 amide bonds. The van der Waals surface area contributed by atoms with Crippen molar-refractivity contribution in [3.05, 3.63) is 59.2 Å². The number of aryl methyl sites for hydroxylation is 2. The van der Waals surface area contributed by atoms with Crippen LogP contribution in [0.5, 0.6) is 5.75 Å². The van der Waals surface area contributed by atoms with E-state index in [1.807, 2.05) is 43.3 Å². The van der Waals surface area contributed by atoms with Crippen molar-refractivity contribution in [1.82, 2.24) is 4.90 Å². The quantitative estimate of drug-likeness (QED) is 0.781. The molecule has 0 aliphatic rings. The van der Waals surface area contributed by atoms with Crippen LogP contribution in [0.4, 0.5) is 5.69 Å². The highest BCUT2D eigenvalue weighted by atomic mass is 16.5. The zero-order valence-corrected chi connectivity index (χ0v) is 15.0. The second-order valence-corrected chi connectivity index (χ2v) is 6.48. The number of hydrogen-bond donors (Lipinski definition) is 2. The molecule has 130 valence electrons. The summed E-state index contributed by atoms with van der Waals surface area (Å²) in [6, 6.07) is 14.2. The van der Waals surface area contributed by atoms with Gasteiger partial charge in [-0.1, -0.05) is 18.2 Å². The average Bonchev–Trinajstić information content (AvgIpc) is 2.53. The molecule has 0 aliphatic carbocycles. The maximum atomic E-state index is 9.82. The lowest BCUT2D eigenvalue weighted by Crippen LogP contribution is -2.30. The second kappa shape index (κ2) is 8.71. The van der Waals surface area contributed by atoms with Crippen molar-refractivity contribution in [3.63, 3.8) is 0 Å². The monoisotopic (exact) mass is 328 g/mol. The first-order valence-electron chi connectivity index (χ1n) is 8.30. The van der Waals surface area contributed by atoms with Crippen LogP contribution in [0.2, 0.25) is 0 Å². The molecular formula is C20H28N2O2. The molecule has 4 heteroatoms. The Kier molecular flexibility index (Phi) is 6.64. The number of nitrogens with zero attached hydrogens (tertiary/aromatic N) is 1. The summed E-state index contributed by atoms with van der Waals surface area (Å²) < 4.78 is 5.62. The van der Waals surface area contributed by atoms with Gasteiger partial charge in [0.05, 0.1) is 0 Å². The standard InChI is InChI=1S/C20H28N2O2/c1-15-6-5-7-16(2)20(15)12-21-17-8-10-19(11-9-17)24-14-18(23)13-22(3)4/h5-11,18,21,23H,12-14H2,1-4H3. The summed E-state index contributed by atoms with van der Waals surface area (Å²) in [6.45, 7) is 5.98. The van der Waals surface area contributed by atoms with Crippen molar-refractivity contribution in [2.45, 2.75) is 26.5 Å². The molecule has 0 aliphatic heterocycles. The Bertz CT molecular complexity index is 618. The normalized spacial score (nSPS) is 12.2. The van der Waals surface area contributed by atoms with Gasteiger partial charge in [-0.2, -0.15) is 0 Å². The van der Waals surface area contributed by atoms with E-state index >= 15 is 0 Å². The first-order chi connectivity index (χ1) is 11.5. The third kappa shape index (κ3) is 5.55. The number of aliphatic hydroxyl groups excluding tert-OH is 1. The topological polar surface area (TPSA) is 44.7 Å². The van der Waals surface area contributed by atoms with Crippen LogP contribution in [0.25, 0.3) is 0 Å². The molecule has 0 fully saturated rings. The maximum Gasteiger partial charge on any atom is 0.119 e. The van der Waals surface area contributed by atoms with E-state index in [0.717, 1.165) is 18.0 Å². The Labute approximate surface area is 145 Å². The number of nitrogens with one attached hydrogen (secondary N) is 1. The molecule has 2 aromatic rings. The van der Waals surface area contributed by atoms with Crippen LogP contribution in [-0.4, -0.2) is 43.4 Å². The molecule has 0 spiro atoms. The van der Waals surface area contributed by atoms with Crippen molar-refractivity contribution in [1.29, 1.82) is 0 Å². The van der Waals surface area contributed by atoms with E-state index in [2.05, 4.69) is 37.4 Å². The smallest absolute Gasteiger partial charge is 0.119 e. The third-order valence-electron chi connectivity index (χ3n) is 3.99. The van der Waals surface area contributed by atoms with Crippen molar-refractivity contribution < 1.29 is 9.84 Å². The van der Waals surface area contributed by atoms with Gasteiger partial charge in [0.25, 0.3) is 0 Å². The molecule has 4 nitrogen and oxygen atoms in total. The Balaban J connectivity index is 1.86. The van der Waals surface area contributed by atoms with Crippen molar-refractivity contribution in [2.75, 3.05) is 32.6 Å². The summed E-state index contributed by atoms with van der Waals surface area (Å²) in [5.74, 6) is 0.769. The fourth-order valence-electron chi connectivity index (χ4n) is 2.65. The first kappa shape index (κ1) is 18.3. The van der Waals surface area contributed by atoms with Crippen LogP contribution >= 0.6 is 0 Å². The minimum atomic E-state index is -0.484. The molecule has 0 saturated carbocycles. The Hall–Kier alpha value is -2.04. The van der Waals surface area contributed by atoms with Gasteiger partial charge in [0, 0.05) is 18.8 Å². The molecule has 0 bridgehead atoms. The predicted molar refractivity (Wildman–Crippen MR) is 99.7 cm³/mol. The number of ether oxygens (including phenoxy) is 1. The molecule has 2 N–H and O–H groups in total. The fraction of sp³-hybridized carbons (Fsp3) is 0.400. The highest BCUT2D eigenvalue weighted by molar-refractivity contribution is 5.48. The number of likely N-dealkylation sites (N-methyl/N-ethyl adjacent to an activating group) is 1. The van der Waals surface area contributed by atoms with E-state index in [-0.39, 0.29) is 0 Å². The third-order valence-corrected chi connectivity index (χ3v) is 3.99. The molecule has 24 heavy (non-hydrogen) atoms. The largest absolute Gasteiger partial charge is 0.491 e. The maximum absolute atomic E-state index is 9.82. The molecule has 2 aromatic carbocycles. The molecule has 1 unspecified atom stereocenters. The second-order valence-electron chi connectivity index (χ2n) is 6.48. The number of anilines is 1. The van der Waals surface area contributed by atoms with Gasteiger partial charge in [0.1, 0.15) is 18.5 Å². The highest BCUT2D eigenvalue weighted by Crippen LogP contribution is 2.19. The van der Waals surface area contributed by atoms with E-state index < -0.39 is 6.10 Å². The number of benzene rings is 2. The zero-order chi connectivity index (χ0) is 17.5. The summed E-state index contributed by atoms with van der Waals surface area (Å²) in [5, 5.41) is 13.3. The SMILES string of the molecule is Cc1cccc(C)c1CNc1ccc(OCC(O)CN(C)C)cc1. The molecule has 0 heterocycles. The van der Waals surface area contributed by atoms with Crippen LogP contribution in [0.15, 0.2) is 42.5 Å². The van der Waals surface area contributed by atoms with E-state index in [4.69, 9.17) is 4.74 Å². The van der Waals surface area contributed by atoms with Gasteiger partial charge >= 0.3 is 0 Å². The van der Waals surface area contributed by atoms with Crippen LogP contribution in [0.1, 0.15) is 16.7 Å². The zero-order valence-electron chi connectivity index (χ0n) is 15.0. The van der Waals surface area contributed by atoms with Gasteiger partial charge in [0.2, 0.25) is 0 Å². The fourth-order valence-corrected chi connectivity index (χ4v) is 2.65. The summed E-state index contributed by atoms with van der Waals surface area (Å²) in [7, 11) is 3.86. The van der Waals surface area contributed by atoms with E-state index in [0.29, 0.717) is 13.2 Å². The minimum absolute atomic E-state index is 0.299. The Morgan fingerprint density at radius 3 is 2.25 bits per heavy atom. The van der Waals surface area contributed by atoms with Crippen LogP contribution in [0.3, 0.4) is 0 Å². The summed E-state index contributed by atoms with van der Waals surface area (Å²) in [5.41, 5.74) is 5.00. The van der Waals surface area contributed by atoms with Gasteiger partial charge in [-0.3, -0.25) is 0 Å². The van der Waals surface area contributed by atoms with E-state index in [9.17, 15) is 5.11 Å². The lowest BCUT2D eigenvalue weighted by molar-refractivity contribution is 0.0831. The Morgan fingerprint density at radius 2 is 1.67 bits per heavy atom. The van der Waals surface area contributed by atoms with Gasteiger partial charge in [0.15, 0.2) is 0 Å². The van der Waals surface area contributed by atoms with E-state index in [1.54, 1.807) is 0 Å². The lowest BCUT2D eigenvalue weighted by atomic mass is 10.0. The molecule has 2 rings (SSSR count). The number of hydrogen-bond acceptors (Lipinski definition) is 4. The van der Waals surface area contributed by atoms with Crippen LogP contribution < -0.4 is 10.1 Å². The molecule has 1 atom stereocenters. The predicted octanol–water partition coefficient (Wildman–Crippen LogP) is 3.22. The van der Waals surface area contributed by atoms with Crippen molar-refractivity contribution >= 4 is 5.69 Å². The molecule has 0 saturated heterocycles. The summed E-state index contributed by atoms with van der Waals surface area (Å²) >= 11 is 0. The molecule has 0 aromatic heterocycles. The Morgan fingerprint density at radius 1 is 1.04 bits per heavy atom. The number of rotatable bonds is 8. The van der Waals surface area contributed by atoms with Gasteiger partial charge in [-0.05, 0) is 68.9 Å². The van der Waals surface area contributed by atoms with E-state index in [1.165, 1.54) is 16.7 Å². The van der Waals surface area contributed by atoms with Crippen LogP contribution in [-0.2, 0) is 6.54 Å². The summed E-state index contributed by atoms with van der Waals surface area (Å²) in [6.07, 6.45) is -0.484. The van der Waals surface area contributed by atoms with Crippen molar-refractivity contribution in [3.8, 4) is 5.75 Å². The molecular weight excluding hydrogens is 300 g/mol. The lowest BCUT2D eigenvalue weighted by Gasteiger charge is -2.17.